The van der Waals surface area contributed by atoms with E-state index in [0.29, 0.717) is 11.3 Å². The number of amides is 1. The summed E-state index contributed by atoms with van der Waals surface area (Å²) in [7, 11) is -3.62. The van der Waals surface area contributed by atoms with Gasteiger partial charge >= 0.3 is 0 Å². The molecule has 1 amide bonds. The molecule has 7 nitrogen and oxygen atoms in total. The molecule has 0 bridgehead atoms. The maximum atomic E-state index is 12.0. The van der Waals surface area contributed by atoms with Gasteiger partial charge in [-0.15, -0.1) is 0 Å². The monoisotopic (exact) mass is 323 g/mol. The average molecular weight is 323 g/mol. The molecule has 0 spiro atoms. The van der Waals surface area contributed by atoms with E-state index in [1.165, 1.54) is 6.92 Å². The Balaban J connectivity index is 1.95. The van der Waals surface area contributed by atoms with Crippen LogP contribution in [0.3, 0.4) is 0 Å². The maximum Gasteiger partial charge on any atom is 0.243 e. The lowest BCUT2D eigenvalue weighted by Gasteiger charge is -2.13. The molecule has 22 heavy (non-hydrogen) atoms. The summed E-state index contributed by atoms with van der Waals surface area (Å²) in [5, 5.41) is 6.10. The van der Waals surface area contributed by atoms with E-state index >= 15 is 0 Å². The lowest BCUT2D eigenvalue weighted by Crippen LogP contribution is -2.42. The van der Waals surface area contributed by atoms with Gasteiger partial charge in [0.25, 0.3) is 0 Å². The predicted octanol–water partition coefficient (Wildman–Crippen LogP) is 1.43. The standard InChI is InChI=1S/C14H17N3O4S/c1-10-8-13(16-21-10)15-14(18)11(2)17-22(19,20)9-12-6-4-3-5-7-12/h3-8,11,17H,9H2,1-2H3,(H,15,16,18)/t11-/m1/s1. The zero-order chi connectivity index (χ0) is 16.2. The van der Waals surface area contributed by atoms with E-state index in [-0.39, 0.29) is 11.6 Å². The summed E-state index contributed by atoms with van der Waals surface area (Å²) in [6.07, 6.45) is 0. The molecule has 118 valence electrons. The molecule has 0 radical (unpaired) electrons. The summed E-state index contributed by atoms with van der Waals surface area (Å²) in [5.41, 5.74) is 0.648. The number of aromatic nitrogens is 1. The minimum absolute atomic E-state index is 0.186. The van der Waals surface area contributed by atoms with E-state index in [2.05, 4.69) is 15.2 Å². The Morgan fingerprint density at radius 2 is 2.00 bits per heavy atom. The molecule has 2 aromatic rings. The van der Waals surface area contributed by atoms with Crippen LogP contribution in [-0.2, 0) is 20.6 Å². The third-order valence-electron chi connectivity index (χ3n) is 2.83. The van der Waals surface area contributed by atoms with Gasteiger partial charge in [0.15, 0.2) is 5.82 Å². The number of nitrogens with one attached hydrogen (secondary N) is 2. The highest BCUT2D eigenvalue weighted by Crippen LogP contribution is 2.08. The fourth-order valence-electron chi connectivity index (χ4n) is 1.82. The van der Waals surface area contributed by atoms with Crippen LogP contribution >= 0.6 is 0 Å². The Bertz CT molecular complexity index is 740. The van der Waals surface area contributed by atoms with Gasteiger partial charge in [0, 0.05) is 6.07 Å². The average Bonchev–Trinajstić information content (AvgIpc) is 2.84. The third kappa shape index (κ3) is 4.68. The van der Waals surface area contributed by atoms with Crippen molar-refractivity contribution in [2.45, 2.75) is 25.6 Å². The number of hydrogen-bond donors (Lipinski definition) is 2. The van der Waals surface area contributed by atoms with Crippen molar-refractivity contribution >= 4 is 21.7 Å². The minimum atomic E-state index is -3.62. The molecule has 0 fully saturated rings. The smallest absolute Gasteiger partial charge is 0.243 e. The first-order chi connectivity index (χ1) is 10.4. The lowest BCUT2D eigenvalue weighted by atomic mass is 10.2. The zero-order valence-corrected chi connectivity index (χ0v) is 13.1. The number of rotatable bonds is 6. The fourth-order valence-corrected chi connectivity index (χ4v) is 3.18. The predicted molar refractivity (Wildman–Crippen MR) is 81.5 cm³/mol. The van der Waals surface area contributed by atoms with Crippen molar-refractivity contribution in [1.82, 2.24) is 9.88 Å². The van der Waals surface area contributed by atoms with Crippen molar-refractivity contribution in [3.63, 3.8) is 0 Å². The Labute approximate surface area is 128 Å². The molecule has 2 rings (SSSR count). The Kier molecular flexibility index (Phi) is 4.94. The summed E-state index contributed by atoms with van der Waals surface area (Å²) in [5.74, 6) is 0.100. The van der Waals surface area contributed by atoms with Crippen LogP contribution in [0, 0.1) is 6.92 Å². The van der Waals surface area contributed by atoms with Gasteiger partial charge in [0.05, 0.1) is 11.8 Å². The van der Waals surface area contributed by atoms with Crippen LogP contribution in [0.1, 0.15) is 18.2 Å². The van der Waals surface area contributed by atoms with Gasteiger partial charge < -0.3 is 9.84 Å². The second-order valence-corrected chi connectivity index (χ2v) is 6.65. The number of hydrogen-bond acceptors (Lipinski definition) is 5. The fraction of sp³-hybridized carbons (Fsp3) is 0.286. The first-order valence-electron chi connectivity index (χ1n) is 6.64. The molecule has 0 aliphatic heterocycles. The highest BCUT2D eigenvalue weighted by atomic mass is 32.2. The van der Waals surface area contributed by atoms with Gasteiger partial charge in [0.2, 0.25) is 15.9 Å². The summed E-state index contributed by atoms with van der Waals surface area (Å²) in [6, 6.07) is 9.36. The Morgan fingerprint density at radius 3 is 2.59 bits per heavy atom. The van der Waals surface area contributed by atoms with Crippen LogP contribution in [0.5, 0.6) is 0 Å². The van der Waals surface area contributed by atoms with Gasteiger partial charge in [-0.05, 0) is 19.4 Å². The third-order valence-corrected chi connectivity index (χ3v) is 4.25. The largest absolute Gasteiger partial charge is 0.360 e. The summed E-state index contributed by atoms with van der Waals surface area (Å²) < 4.78 is 31.2. The number of anilines is 1. The highest BCUT2D eigenvalue weighted by Gasteiger charge is 2.21. The van der Waals surface area contributed by atoms with Crippen LogP contribution in [0.15, 0.2) is 40.9 Å². The van der Waals surface area contributed by atoms with E-state index in [9.17, 15) is 13.2 Å². The van der Waals surface area contributed by atoms with Crippen LogP contribution in [-0.4, -0.2) is 25.5 Å². The summed E-state index contributed by atoms with van der Waals surface area (Å²) in [4.78, 5) is 11.9. The van der Waals surface area contributed by atoms with E-state index in [0.717, 1.165) is 0 Å². The van der Waals surface area contributed by atoms with Crippen molar-refractivity contribution in [3.05, 3.63) is 47.7 Å². The molecule has 0 saturated carbocycles. The molecule has 1 heterocycles. The van der Waals surface area contributed by atoms with Crippen molar-refractivity contribution < 1.29 is 17.7 Å². The SMILES string of the molecule is Cc1cc(NC(=O)[C@@H](C)NS(=O)(=O)Cc2ccccc2)no1. The van der Waals surface area contributed by atoms with E-state index in [1.54, 1.807) is 43.3 Å². The first-order valence-corrected chi connectivity index (χ1v) is 8.29. The van der Waals surface area contributed by atoms with Gasteiger partial charge in [0.1, 0.15) is 5.76 Å². The van der Waals surface area contributed by atoms with Gasteiger partial charge in [-0.2, -0.15) is 0 Å². The first kappa shape index (κ1) is 16.2. The number of sulfonamides is 1. The number of aryl methyl sites for hydroxylation is 1. The number of benzene rings is 1. The zero-order valence-electron chi connectivity index (χ0n) is 12.2. The van der Waals surface area contributed by atoms with Crippen LogP contribution < -0.4 is 10.0 Å². The molecule has 1 aromatic heterocycles. The Hall–Kier alpha value is -2.19. The van der Waals surface area contributed by atoms with Crippen molar-refractivity contribution in [2.75, 3.05) is 5.32 Å². The Morgan fingerprint density at radius 1 is 1.32 bits per heavy atom. The van der Waals surface area contributed by atoms with Crippen LogP contribution in [0.25, 0.3) is 0 Å². The molecule has 2 N–H and O–H groups in total. The highest BCUT2D eigenvalue weighted by molar-refractivity contribution is 7.88. The maximum absolute atomic E-state index is 12.0. The number of carbonyl (C=O) groups is 1. The molecule has 1 aromatic carbocycles. The van der Waals surface area contributed by atoms with Crippen molar-refractivity contribution in [1.29, 1.82) is 0 Å². The number of nitrogens with zero attached hydrogens (tertiary/aromatic N) is 1. The van der Waals surface area contributed by atoms with Crippen LogP contribution in [0.2, 0.25) is 0 Å². The van der Waals surface area contributed by atoms with Gasteiger partial charge in [-0.3, -0.25) is 4.79 Å². The summed E-state index contributed by atoms with van der Waals surface area (Å²) >= 11 is 0. The van der Waals surface area contributed by atoms with Crippen molar-refractivity contribution in [3.8, 4) is 0 Å². The molecule has 0 aliphatic carbocycles. The van der Waals surface area contributed by atoms with Crippen molar-refractivity contribution in [2.24, 2.45) is 0 Å². The lowest BCUT2D eigenvalue weighted by molar-refractivity contribution is -0.117. The molecule has 0 aliphatic rings. The van der Waals surface area contributed by atoms with E-state index in [1.807, 2.05) is 0 Å². The van der Waals surface area contributed by atoms with Crippen LogP contribution in [0.4, 0.5) is 5.82 Å². The number of carbonyl (C=O) groups excluding carboxylic acids is 1. The van der Waals surface area contributed by atoms with E-state index in [4.69, 9.17) is 4.52 Å². The second-order valence-electron chi connectivity index (χ2n) is 4.90. The van der Waals surface area contributed by atoms with Gasteiger partial charge in [-0.1, -0.05) is 35.5 Å². The topological polar surface area (TPSA) is 101 Å². The molecule has 0 unspecified atom stereocenters. The summed E-state index contributed by atoms with van der Waals surface area (Å²) in [6.45, 7) is 3.15. The normalized spacial score (nSPS) is 12.8. The molecule has 1 atom stereocenters. The molecule has 0 saturated heterocycles. The van der Waals surface area contributed by atoms with E-state index < -0.39 is 22.0 Å². The second kappa shape index (κ2) is 6.71. The molecular weight excluding hydrogens is 306 g/mol. The molecular formula is C14H17N3O4S. The minimum Gasteiger partial charge on any atom is -0.360 e. The quantitative estimate of drug-likeness (QED) is 0.837. The van der Waals surface area contributed by atoms with Gasteiger partial charge in [-0.25, -0.2) is 13.1 Å². The molecule has 8 heteroatoms.